The van der Waals surface area contributed by atoms with Gasteiger partial charge in [-0.15, -0.1) is 0 Å². The lowest BCUT2D eigenvalue weighted by atomic mass is 10.1. The minimum atomic E-state index is -0.225. The summed E-state index contributed by atoms with van der Waals surface area (Å²) in [5.74, 6) is 0.721. The second-order valence-electron chi connectivity index (χ2n) is 6.19. The largest absolute Gasteiger partial charge is 0.389 e. The van der Waals surface area contributed by atoms with Gasteiger partial charge in [-0.25, -0.2) is 4.39 Å². The summed E-state index contributed by atoms with van der Waals surface area (Å²) in [7, 11) is 0. The maximum atomic E-state index is 13.5. The van der Waals surface area contributed by atoms with E-state index < -0.39 is 0 Å². The third kappa shape index (κ3) is 3.99. The zero-order chi connectivity index (χ0) is 14.8. The monoisotopic (exact) mass is 307 g/mol. The first kappa shape index (κ1) is 14.9. The Hall–Kier alpha value is -1.04. The highest BCUT2D eigenvalue weighted by Crippen LogP contribution is 2.30. The molecule has 1 aromatic carbocycles. The predicted octanol–water partition coefficient (Wildman–Crippen LogP) is 1.99. The molecule has 0 radical (unpaired) electrons. The van der Waals surface area contributed by atoms with Crippen molar-refractivity contribution in [1.29, 1.82) is 0 Å². The molecule has 0 aromatic heterocycles. The standard InChI is InChI=1S/C16H22FN3S/c17-14-3-4-15(16(18)21)13(9-14)11-20-7-5-19(6-8-20)10-12-1-2-12/h3-4,9,12H,1-2,5-8,10-11H2,(H2,18,21). The lowest BCUT2D eigenvalue weighted by Crippen LogP contribution is -2.46. The fraction of sp³-hybridized carbons (Fsp3) is 0.562. The van der Waals surface area contributed by atoms with E-state index in [9.17, 15) is 4.39 Å². The van der Waals surface area contributed by atoms with Gasteiger partial charge < -0.3 is 10.6 Å². The normalized spacial score (nSPS) is 20.6. The van der Waals surface area contributed by atoms with E-state index in [1.54, 1.807) is 12.1 Å². The van der Waals surface area contributed by atoms with Crippen LogP contribution in [0.3, 0.4) is 0 Å². The van der Waals surface area contributed by atoms with Crippen LogP contribution in [0.15, 0.2) is 18.2 Å². The van der Waals surface area contributed by atoms with Crippen LogP contribution in [0, 0.1) is 11.7 Å². The molecule has 2 N–H and O–H groups in total. The number of piperazine rings is 1. The fourth-order valence-corrected chi connectivity index (χ4v) is 3.17. The molecular weight excluding hydrogens is 285 g/mol. The maximum Gasteiger partial charge on any atom is 0.123 e. The SMILES string of the molecule is NC(=S)c1ccc(F)cc1CN1CCN(CC2CC2)CC1. The quantitative estimate of drug-likeness (QED) is 0.843. The summed E-state index contributed by atoms with van der Waals surface area (Å²) < 4.78 is 13.5. The number of thiocarbonyl (C=S) groups is 1. The average molecular weight is 307 g/mol. The van der Waals surface area contributed by atoms with Crippen LogP contribution in [-0.4, -0.2) is 47.5 Å². The van der Waals surface area contributed by atoms with Gasteiger partial charge in [0, 0.05) is 44.8 Å². The van der Waals surface area contributed by atoms with E-state index in [2.05, 4.69) is 9.80 Å². The number of halogens is 1. The van der Waals surface area contributed by atoms with E-state index in [-0.39, 0.29) is 5.82 Å². The van der Waals surface area contributed by atoms with Gasteiger partial charge in [0.1, 0.15) is 10.8 Å². The Morgan fingerprint density at radius 3 is 2.48 bits per heavy atom. The molecule has 0 bridgehead atoms. The van der Waals surface area contributed by atoms with Gasteiger partial charge in [0.15, 0.2) is 0 Å². The molecule has 1 aliphatic carbocycles. The number of hydrogen-bond acceptors (Lipinski definition) is 3. The van der Waals surface area contributed by atoms with Crippen LogP contribution >= 0.6 is 12.2 Å². The van der Waals surface area contributed by atoms with Crippen molar-refractivity contribution in [2.24, 2.45) is 11.7 Å². The van der Waals surface area contributed by atoms with E-state index >= 15 is 0 Å². The van der Waals surface area contributed by atoms with Crippen molar-refractivity contribution in [2.45, 2.75) is 19.4 Å². The van der Waals surface area contributed by atoms with Gasteiger partial charge in [-0.05, 0) is 42.5 Å². The van der Waals surface area contributed by atoms with Crippen LogP contribution in [0.4, 0.5) is 4.39 Å². The molecule has 3 rings (SSSR count). The highest BCUT2D eigenvalue weighted by molar-refractivity contribution is 7.80. The molecule has 2 fully saturated rings. The van der Waals surface area contributed by atoms with Crippen molar-refractivity contribution in [1.82, 2.24) is 9.80 Å². The first-order valence-corrected chi connectivity index (χ1v) is 8.05. The molecule has 114 valence electrons. The maximum absolute atomic E-state index is 13.5. The molecule has 1 saturated heterocycles. The Bertz CT molecular complexity index is 522. The summed E-state index contributed by atoms with van der Waals surface area (Å²) in [6, 6.07) is 4.67. The van der Waals surface area contributed by atoms with Gasteiger partial charge in [0.2, 0.25) is 0 Å². The Morgan fingerprint density at radius 2 is 1.86 bits per heavy atom. The molecule has 21 heavy (non-hydrogen) atoms. The zero-order valence-corrected chi connectivity index (χ0v) is 13.0. The van der Waals surface area contributed by atoms with E-state index in [4.69, 9.17) is 18.0 Å². The van der Waals surface area contributed by atoms with Crippen LogP contribution in [0.1, 0.15) is 24.0 Å². The molecule has 1 aliphatic heterocycles. The highest BCUT2D eigenvalue weighted by Gasteiger charge is 2.26. The molecule has 3 nitrogen and oxygen atoms in total. The van der Waals surface area contributed by atoms with E-state index in [0.29, 0.717) is 4.99 Å². The van der Waals surface area contributed by atoms with Gasteiger partial charge in [-0.3, -0.25) is 4.90 Å². The second kappa shape index (κ2) is 6.38. The van der Waals surface area contributed by atoms with E-state index in [1.165, 1.54) is 25.5 Å². The summed E-state index contributed by atoms with van der Waals surface area (Å²) in [6.45, 7) is 6.25. The average Bonchev–Trinajstić information content (AvgIpc) is 3.25. The van der Waals surface area contributed by atoms with E-state index in [1.807, 2.05) is 0 Å². The van der Waals surface area contributed by atoms with Crippen molar-refractivity contribution < 1.29 is 4.39 Å². The van der Waals surface area contributed by atoms with E-state index in [0.717, 1.165) is 49.8 Å². The summed E-state index contributed by atoms with van der Waals surface area (Å²) >= 11 is 5.06. The van der Waals surface area contributed by atoms with Crippen molar-refractivity contribution in [3.63, 3.8) is 0 Å². The summed E-state index contributed by atoms with van der Waals surface area (Å²) in [6.07, 6.45) is 2.81. The van der Waals surface area contributed by atoms with Gasteiger partial charge in [-0.1, -0.05) is 12.2 Å². The summed E-state index contributed by atoms with van der Waals surface area (Å²) in [5.41, 5.74) is 7.43. The van der Waals surface area contributed by atoms with Gasteiger partial charge >= 0.3 is 0 Å². The first-order chi connectivity index (χ1) is 10.1. The molecule has 1 aromatic rings. The number of rotatable bonds is 5. The van der Waals surface area contributed by atoms with Crippen LogP contribution in [0.2, 0.25) is 0 Å². The Balaban J connectivity index is 1.59. The minimum Gasteiger partial charge on any atom is -0.389 e. The molecule has 2 aliphatic rings. The van der Waals surface area contributed by atoms with Crippen LogP contribution in [-0.2, 0) is 6.54 Å². The summed E-state index contributed by atoms with van der Waals surface area (Å²) in [5, 5.41) is 0. The number of hydrogen-bond donors (Lipinski definition) is 1. The van der Waals surface area contributed by atoms with Crippen LogP contribution < -0.4 is 5.73 Å². The topological polar surface area (TPSA) is 32.5 Å². The number of benzene rings is 1. The van der Waals surface area contributed by atoms with Crippen molar-refractivity contribution >= 4 is 17.2 Å². The van der Waals surface area contributed by atoms with Crippen molar-refractivity contribution in [2.75, 3.05) is 32.7 Å². The number of nitrogens with two attached hydrogens (primary N) is 1. The lowest BCUT2D eigenvalue weighted by molar-refractivity contribution is 0.123. The lowest BCUT2D eigenvalue weighted by Gasteiger charge is -2.35. The first-order valence-electron chi connectivity index (χ1n) is 7.65. The zero-order valence-electron chi connectivity index (χ0n) is 12.2. The van der Waals surface area contributed by atoms with Gasteiger partial charge in [-0.2, -0.15) is 0 Å². The molecule has 0 spiro atoms. The smallest absolute Gasteiger partial charge is 0.123 e. The van der Waals surface area contributed by atoms with Crippen molar-refractivity contribution in [3.8, 4) is 0 Å². The fourth-order valence-electron chi connectivity index (χ4n) is 2.97. The highest BCUT2D eigenvalue weighted by atomic mass is 32.1. The third-order valence-electron chi connectivity index (χ3n) is 4.40. The predicted molar refractivity (Wildman–Crippen MR) is 86.7 cm³/mol. The number of nitrogens with zero attached hydrogens (tertiary/aromatic N) is 2. The molecule has 0 amide bonds. The van der Waals surface area contributed by atoms with Gasteiger partial charge in [0.05, 0.1) is 0 Å². The third-order valence-corrected chi connectivity index (χ3v) is 4.62. The van der Waals surface area contributed by atoms with Gasteiger partial charge in [0.25, 0.3) is 0 Å². The molecule has 1 saturated carbocycles. The molecule has 0 atom stereocenters. The Kier molecular flexibility index (Phi) is 4.52. The Labute approximate surface area is 130 Å². The molecule has 0 unspecified atom stereocenters. The molecular formula is C16H22FN3S. The Morgan fingerprint density at radius 1 is 1.19 bits per heavy atom. The molecule has 5 heteroatoms. The van der Waals surface area contributed by atoms with Crippen LogP contribution in [0.25, 0.3) is 0 Å². The molecule has 1 heterocycles. The second-order valence-corrected chi connectivity index (χ2v) is 6.63. The summed E-state index contributed by atoms with van der Waals surface area (Å²) in [4.78, 5) is 5.26. The van der Waals surface area contributed by atoms with Crippen molar-refractivity contribution in [3.05, 3.63) is 35.1 Å². The van der Waals surface area contributed by atoms with Crippen LogP contribution in [0.5, 0.6) is 0 Å². The minimum absolute atomic E-state index is 0.225.